The van der Waals surface area contributed by atoms with Crippen LogP contribution in [0.2, 0.25) is 0 Å². The largest absolute Gasteiger partial charge is 0.386 e. The molecule has 4 heterocycles. The Hall–Kier alpha value is -4.51. The minimum Gasteiger partial charge on any atom is -0.386 e. The zero-order chi connectivity index (χ0) is 29.4. The van der Waals surface area contributed by atoms with Crippen LogP contribution >= 0.6 is 0 Å². The molecule has 0 spiro atoms. The van der Waals surface area contributed by atoms with E-state index in [1.807, 2.05) is 45.4 Å². The summed E-state index contributed by atoms with van der Waals surface area (Å²) >= 11 is 0. The van der Waals surface area contributed by atoms with Crippen LogP contribution in [0.5, 0.6) is 0 Å². The maximum Gasteiger partial charge on any atom is 0.254 e. The van der Waals surface area contributed by atoms with Gasteiger partial charge < -0.3 is 25.8 Å². The van der Waals surface area contributed by atoms with E-state index in [0.717, 1.165) is 29.9 Å². The molecule has 11 heteroatoms. The van der Waals surface area contributed by atoms with Gasteiger partial charge in [0.15, 0.2) is 11.5 Å². The predicted octanol–water partition coefficient (Wildman–Crippen LogP) is 3.91. The Kier molecular flexibility index (Phi) is 7.51. The van der Waals surface area contributed by atoms with Crippen LogP contribution in [0.15, 0.2) is 55.0 Å². The summed E-state index contributed by atoms with van der Waals surface area (Å²) in [6, 6.07) is 10.5. The van der Waals surface area contributed by atoms with E-state index in [9.17, 15) is 14.0 Å². The van der Waals surface area contributed by atoms with Crippen molar-refractivity contribution in [3.8, 4) is 11.3 Å². The molecule has 4 aromatic rings. The minimum absolute atomic E-state index is 0.0339. The van der Waals surface area contributed by atoms with Gasteiger partial charge in [-0.15, -0.1) is 0 Å². The smallest absolute Gasteiger partial charge is 0.254 e. The molecule has 2 saturated heterocycles. The Balaban J connectivity index is 1.14. The lowest BCUT2D eigenvalue weighted by Gasteiger charge is -2.36. The number of nitrogens with zero attached hydrogens (tertiary/aromatic N) is 5. The molecule has 218 valence electrons. The van der Waals surface area contributed by atoms with Crippen molar-refractivity contribution in [1.29, 1.82) is 0 Å². The first-order chi connectivity index (χ1) is 20.3. The van der Waals surface area contributed by atoms with Crippen molar-refractivity contribution >= 4 is 34.7 Å². The first kappa shape index (κ1) is 27.6. The summed E-state index contributed by atoms with van der Waals surface area (Å²) in [4.78, 5) is 39.0. The molecule has 3 N–H and O–H groups in total. The summed E-state index contributed by atoms with van der Waals surface area (Å²) in [6.07, 6.45) is 6.02. The van der Waals surface area contributed by atoms with Gasteiger partial charge >= 0.3 is 0 Å². The molecular formula is C31H35FN8O2. The van der Waals surface area contributed by atoms with E-state index in [1.54, 1.807) is 31.7 Å². The molecule has 0 saturated carbocycles. The van der Waals surface area contributed by atoms with E-state index in [4.69, 9.17) is 0 Å². The average Bonchev–Trinajstić information content (AvgIpc) is 3.64. The molecule has 2 aromatic carbocycles. The Morgan fingerprint density at radius 2 is 1.83 bits per heavy atom. The van der Waals surface area contributed by atoms with Gasteiger partial charge in [0.05, 0.1) is 23.6 Å². The standard InChI is InChI=1S/C31H35FN8O2/c1-19-14-26(35-17-19)31(42)39-12-10-38(11-13-39)30(41)23-6-5-22(15-20(23)2)37-28-29-36-18-27(40(29)9-8-34-28)21-4-7-25(33-3)24(32)16-21/h4-9,15-16,18-19,26,33,35H,10-14,17H2,1-3H3,(H,34,37). The van der Waals surface area contributed by atoms with Crippen molar-refractivity contribution < 1.29 is 14.0 Å². The zero-order valence-electron chi connectivity index (χ0n) is 24.0. The molecule has 2 atom stereocenters. The Morgan fingerprint density at radius 1 is 1.05 bits per heavy atom. The van der Waals surface area contributed by atoms with E-state index >= 15 is 0 Å². The van der Waals surface area contributed by atoms with E-state index in [1.165, 1.54) is 6.07 Å². The monoisotopic (exact) mass is 570 g/mol. The highest BCUT2D eigenvalue weighted by molar-refractivity contribution is 5.96. The van der Waals surface area contributed by atoms with E-state index < -0.39 is 0 Å². The third-order valence-electron chi connectivity index (χ3n) is 8.21. The molecule has 0 radical (unpaired) electrons. The van der Waals surface area contributed by atoms with E-state index in [2.05, 4.69) is 32.8 Å². The lowest BCUT2D eigenvalue weighted by molar-refractivity contribution is -0.134. The van der Waals surface area contributed by atoms with Crippen LogP contribution in [0.1, 0.15) is 29.3 Å². The molecule has 2 aliphatic heterocycles. The van der Waals surface area contributed by atoms with Crippen LogP contribution in [0, 0.1) is 18.7 Å². The van der Waals surface area contributed by atoms with Gasteiger partial charge in [-0.05, 0) is 61.7 Å². The Bertz CT molecular complexity index is 1650. The first-order valence-corrected chi connectivity index (χ1v) is 14.3. The minimum atomic E-state index is -0.339. The van der Waals surface area contributed by atoms with Crippen molar-refractivity contribution in [3.63, 3.8) is 0 Å². The SMILES string of the molecule is CNc1ccc(-c2cnc3c(Nc4ccc(C(=O)N5CCN(C(=O)C6CC(C)CN6)CC5)c(C)c4)nccn23)cc1F. The number of hydrogen-bond acceptors (Lipinski definition) is 7. The van der Waals surface area contributed by atoms with Crippen LogP contribution in [0.3, 0.4) is 0 Å². The fourth-order valence-electron chi connectivity index (χ4n) is 5.84. The number of nitrogens with one attached hydrogen (secondary N) is 3. The van der Waals surface area contributed by atoms with Crippen molar-refractivity contribution in [2.75, 3.05) is 50.4 Å². The second-order valence-electron chi connectivity index (χ2n) is 11.1. The lowest BCUT2D eigenvalue weighted by Crippen LogP contribution is -2.54. The molecule has 10 nitrogen and oxygen atoms in total. The molecule has 0 bridgehead atoms. The second kappa shape index (κ2) is 11.4. The van der Waals surface area contributed by atoms with Crippen LogP contribution in [0.4, 0.5) is 21.6 Å². The molecule has 6 rings (SSSR count). The number of benzene rings is 2. The number of carbonyl (C=O) groups excluding carboxylic acids is 2. The van der Waals surface area contributed by atoms with Gasteiger partial charge in [0.25, 0.3) is 5.91 Å². The number of piperazine rings is 1. The first-order valence-electron chi connectivity index (χ1n) is 14.3. The summed E-state index contributed by atoms with van der Waals surface area (Å²) < 4.78 is 16.3. The fourth-order valence-corrected chi connectivity index (χ4v) is 5.84. The number of carbonyl (C=O) groups is 2. The number of aryl methyl sites for hydroxylation is 1. The van der Waals surface area contributed by atoms with Gasteiger partial charge in [-0.1, -0.05) is 13.0 Å². The lowest BCUT2D eigenvalue weighted by atomic mass is 10.1. The highest BCUT2D eigenvalue weighted by Crippen LogP contribution is 2.28. The summed E-state index contributed by atoms with van der Waals surface area (Å²) in [6.45, 7) is 7.06. The third-order valence-corrected chi connectivity index (χ3v) is 8.21. The van der Waals surface area contributed by atoms with Crippen molar-refractivity contribution in [2.24, 2.45) is 5.92 Å². The Labute approximate surface area is 243 Å². The summed E-state index contributed by atoms with van der Waals surface area (Å²) in [5.74, 6) is 0.824. The van der Waals surface area contributed by atoms with Crippen LogP contribution in [-0.4, -0.2) is 81.8 Å². The van der Waals surface area contributed by atoms with Gasteiger partial charge in [-0.25, -0.2) is 14.4 Å². The third kappa shape index (κ3) is 5.27. The van der Waals surface area contributed by atoms with Gasteiger partial charge in [0.2, 0.25) is 5.91 Å². The second-order valence-corrected chi connectivity index (χ2v) is 11.1. The van der Waals surface area contributed by atoms with Crippen LogP contribution in [-0.2, 0) is 4.79 Å². The van der Waals surface area contributed by atoms with Crippen LogP contribution in [0.25, 0.3) is 16.9 Å². The highest BCUT2D eigenvalue weighted by atomic mass is 19.1. The molecule has 2 aliphatic rings. The van der Waals surface area contributed by atoms with Crippen molar-refractivity contribution in [3.05, 3.63) is 71.9 Å². The van der Waals surface area contributed by atoms with E-state index in [-0.39, 0.29) is 23.7 Å². The predicted molar refractivity (Wildman–Crippen MR) is 160 cm³/mol. The molecule has 2 amide bonds. The molecule has 2 unspecified atom stereocenters. The maximum atomic E-state index is 14.4. The number of imidazole rings is 1. The molecule has 42 heavy (non-hydrogen) atoms. The number of aromatic nitrogens is 3. The number of anilines is 3. The maximum absolute atomic E-state index is 14.4. The van der Waals surface area contributed by atoms with E-state index in [0.29, 0.717) is 60.4 Å². The highest BCUT2D eigenvalue weighted by Gasteiger charge is 2.33. The van der Waals surface area contributed by atoms with Gasteiger partial charge in [0, 0.05) is 62.4 Å². The fraction of sp³-hybridized carbons (Fsp3) is 0.355. The normalized spacial score (nSPS) is 18.9. The molecule has 0 aliphatic carbocycles. The van der Waals surface area contributed by atoms with Crippen LogP contribution < -0.4 is 16.0 Å². The van der Waals surface area contributed by atoms with Gasteiger partial charge in [-0.3, -0.25) is 14.0 Å². The number of halogens is 1. The molecule has 2 aromatic heterocycles. The Morgan fingerprint density at radius 3 is 2.52 bits per heavy atom. The number of hydrogen-bond donors (Lipinski definition) is 3. The molecule has 2 fully saturated rings. The summed E-state index contributed by atoms with van der Waals surface area (Å²) in [5.41, 5.74) is 4.70. The molecular weight excluding hydrogens is 535 g/mol. The zero-order valence-corrected chi connectivity index (χ0v) is 24.0. The number of fused-ring (bicyclic) bond motifs is 1. The van der Waals surface area contributed by atoms with Crippen molar-refractivity contribution in [1.82, 2.24) is 29.5 Å². The van der Waals surface area contributed by atoms with Gasteiger partial charge in [0.1, 0.15) is 5.82 Å². The topological polar surface area (TPSA) is 107 Å². The number of amides is 2. The summed E-state index contributed by atoms with van der Waals surface area (Å²) in [7, 11) is 1.68. The van der Waals surface area contributed by atoms with Crippen molar-refractivity contribution in [2.45, 2.75) is 26.3 Å². The average molecular weight is 571 g/mol. The quantitative estimate of drug-likeness (QED) is 0.323. The number of rotatable bonds is 6. The van der Waals surface area contributed by atoms with Gasteiger partial charge in [-0.2, -0.15) is 0 Å². The summed E-state index contributed by atoms with van der Waals surface area (Å²) in [5, 5.41) is 9.47.